The SMILES string of the molecule is CC=C1C=C(C(C)C)c2ccccc21. The van der Waals surface area contributed by atoms with E-state index in [1.165, 1.54) is 22.3 Å². The predicted molar refractivity (Wildman–Crippen MR) is 62.9 cm³/mol. The third-order valence-electron chi connectivity index (χ3n) is 2.79. The summed E-state index contributed by atoms with van der Waals surface area (Å²) in [5.41, 5.74) is 5.63. The van der Waals surface area contributed by atoms with Crippen molar-refractivity contribution in [2.45, 2.75) is 20.8 Å². The second-order valence-electron chi connectivity index (χ2n) is 4.04. The molecule has 1 aliphatic rings. The van der Waals surface area contributed by atoms with Crippen LogP contribution in [0.25, 0.3) is 11.1 Å². The third kappa shape index (κ3) is 1.31. The number of benzene rings is 1. The van der Waals surface area contributed by atoms with E-state index in [0.717, 1.165) is 0 Å². The first-order chi connectivity index (χ1) is 6.74. The Bertz CT molecular complexity index is 406. The van der Waals surface area contributed by atoms with Gasteiger partial charge in [-0.1, -0.05) is 50.3 Å². The Kier molecular flexibility index (Phi) is 2.28. The molecule has 0 aliphatic heterocycles. The van der Waals surface area contributed by atoms with Crippen molar-refractivity contribution in [3.05, 3.63) is 47.5 Å². The summed E-state index contributed by atoms with van der Waals surface area (Å²) >= 11 is 0. The molecule has 0 atom stereocenters. The standard InChI is InChI=1S/C14H16/c1-4-11-9-14(10(2)3)13-8-6-5-7-12(11)13/h4-10H,1-3H3. The Labute approximate surface area is 86.0 Å². The van der Waals surface area contributed by atoms with Crippen LogP contribution in [-0.2, 0) is 0 Å². The molecular formula is C14H16. The fraction of sp³-hybridized carbons (Fsp3) is 0.286. The molecule has 0 saturated carbocycles. The Morgan fingerprint density at radius 3 is 2.29 bits per heavy atom. The van der Waals surface area contributed by atoms with E-state index in [0.29, 0.717) is 5.92 Å². The first-order valence-electron chi connectivity index (χ1n) is 5.21. The monoisotopic (exact) mass is 184 g/mol. The van der Waals surface area contributed by atoms with Crippen LogP contribution in [0.15, 0.2) is 36.4 Å². The molecule has 14 heavy (non-hydrogen) atoms. The van der Waals surface area contributed by atoms with Gasteiger partial charge in [0.15, 0.2) is 0 Å². The maximum atomic E-state index is 2.31. The Hall–Kier alpha value is -1.30. The van der Waals surface area contributed by atoms with Crippen LogP contribution in [0.1, 0.15) is 31.9 Å². The van der Waals surface area contributed by atoms with Crippen molar-refractivity contribution in [3.63, 3.8) is 0 Å². The fourth-order valence-corrected chi connectivity index (χ4v) is 2.03. The zero-order chi connectivity index (χ0) is 10.1. The van der Waals surface area contributed by atoms with Crippen LogP contribution in [0.4, 0.5) is 0 Å². The van der Waals surface area contributed by atoms with Crippen LogP contribution < -0.4 is 0 Å². The molecule has 0 saturated heterocycles. The molecule has 1 aliphatic carbocycles. The smallest absolute Gasteiger partial charge is 0.0112 e. The minimum Gasteiger partial charge on any atom is -0.0798 e. The second-order valence-corrected chi connectivity index (χ2v) is 4.04. The zero-order valence-electron chi connectivity index (χ0n) is 9.04. The molecule has 1 aromatic rings. The van der Waals surface area contributed by atoms with E-state index in [2.05, 4.69) is 57.2 Å². The van der Waals surface area contributed by atoms with E-state index in [1.807, 2.05) is 0 Å². The minimum absolute atomic E-state index is 0.605. The van der Waals surface area contributed by atoms with E-state index in [1.54, 1.807) is 0 Å². The molecule has 72 valence electrons. The number of hydrogen-bond acceptors (Lipinski definition) is 0. The van der Waals surface area contributed by atoms with Gasteiger partial charge in [-0.15, -0.1) is 0 Å². The Morgan fingerprint density at radius 2 is 1.71 bits per heavy atom. The lowest BCUT2D eigenvalue weighted by molar-refractivity contribution is 0.858. The van der Waals surface area contributed by atoms with Crippen molar-refractivity contribution >= 4 is 11.1 Å². The van der Waals surface area contributed by atoms with Gasteiger partial charge in [0.1, 0.15) is 0 Å². The summed E-state index contributed by atoms with van der Waals surface area (Å²) in [6.07, 6.45) is 4.50. The number of fused-ring (bicyclic) bond motifs is 1. The summed E-state index contributed by atoms with van der Waals surface area (Å²) in [5, 5.41) is 0. The molecule has 0 spiro atoms. The molecule has 0 radical (unpaired) electrons. The van der Waals surface area contributed by atoms with Gasteiger partial charge in [-0.05, 0) is 35.1 Å². The third-order valence-corrected chi connectivity index (χ3v) is 2.79. The van der Waals surface area contributed by atoms with Gasteiger partial charge in [-0.3, -0.25) is 0 Å². The van der Waals surface area contributed by atoms with Crippen molar-refractivity contribution in [3.8, 4) is 0 Å². The molecule has 1 aromatic carbocycles. The lowest BCUT2D eigenvalue weighted by Crippen LogP contribution is -1.90. The van der Waals surface area contributed by atoms with Gasteiger partial charge in [-0.25, -0.2) is 0 Å². The van der Waals surface area contributed by atoms with Crippen molar-refractivity contribution in [2.24, 2.45) is 5.92 Å². The lowest BCUT2D eigenvalue weighted by atomic mass is 9.97. The van der Waals surface area contributed by atoms with Gasteiger partial charge in [0.2, 0.25) is 0 Å². The maximum Gasteiger partial charge on any atom is -0.0112 e. The Morgan fingerprint density at radius 1 is 1.07 bits per heavy atom. The minimum atomic E-state index is 0.605. The normalized spacial score (nSPS) is 17.4. The van der Waals surface area contributed by atoms with Gasteiger partial charge in [0, 0.05) is 0 Å². The number of hydrogen-bond donors (Lipinski definition) is 0. The van der Waals surface area contributed by atoms with Crippen LogP contribution in [-0.4, -0.2) is 0 Å². The molecule has 0 aromatic heterocycles. The molecule has 0 heteroatoms. The van der Waals surface area contributed by atoms with Crippen LogP contribution in [0.2, 0.25) is 0 Å². The van der Waals surface area contributed by atoms with Crippen LogP contribution in [0.3, 0.4) is 0 Å². The quantitative estimate of drug-likeness (QED) is 0.615. The van der Waals surface area contributed by atoms with E-state index in [4.69, 9.17) is 0 Å². The van der Waals surface area contributed by atoms with Gasteiger partial charge in [0.05, 0.1) is 0 Å². The van der Waals surface area contributed by atoms with E-state index >= 15 is 0 Å². The highest BCUT2D eigenvalue weighted by atomic mass is 14.2. The highest BCUT2D eigenvalue weighted by molar-refractivity contribution is 5.95. The van der Waals surface area contributed by atoms with Gasteiger partial charge in [0.25, 0.3) is 0 Å². The molecular weight excluding hydrogens is 168 g/mol. The summed E-state index contributed by atoms with van der Waals surface area (Å²) in [4.78, 5) is 0. The maximum absolute atomic E-state index is 2.31. The van der Waals surface area contributed by atoms with Crippen LogP contribution >= 0.6 is 0 Å². The molecule has 0 N–H and O–H groups in total. The molecule has 0 bridgehead atoms. The fourth-order valence-electron chi connectivity index (χ4n) is 2.03. The molecule has 0 heterocycles. The van der Waals surface area contributed by atoms with Crippen LogP contribution in [0, 0.1) is 5.92 Å². The summed E-state index contributed by atoms with van der Waals surface area (Å²) in [5.74, 6) is 0.605. The lowest BCUT2D eigenvalue weighted by Gasteiger charge is -2.07. The number of rotatable bonds is 1. The zero-order valence-corrected chi connectivity index (χ0v) is 9.04. The van der Waals surface area contributed by atoms with E-state index in [9.17, 15) is 0 Å². The predicted octanol–water partition coefficient (Wildman–Crippen LogP) is 4.14. The van der Waals surface area contributed by atoms with Gasteiger partial charge < -0.3 is 0 Å². The van der Waals surface area contributed by atoms with Crippen molar-refractivity contribution in [1.82, 2.24) is 0 Å². The summed E-state index contributed by atoms with van der Waals surface area (Å²) in [7, 11) is 0. The first-order valence-corrected chi connectivity index (χ1v) is 5.21. The summed E-state index contributed by atoms with van der Waals surface area (Å²) in [6, 6.07) is 8.65. The molecule has 2 rings (SSSR count). The molecule has 0 nitrogen and oxygen atoms in total. The van der Waals surface area contributed by atoms with Crippen molar-refractivity contribution in [1.29, 1.82) is 0 Å². The molecule has 0 fully saturated rings. The first kappa shape index (κ1) is 9.26. The summed E-state index contributed by atoms with van der Waals surface area (Å²) in [6.45, 7) is 6.61. The molecule has 0 amide bonds. The highest BCUT2D eigenvalue weighted by Gasteiger charge is 2.18. The van der Waals surface area contributed by atoms with Crippen molar-refractivity contribution < 1.29 is 0 Å². The van der Waals surface area contributed by atoms with Crippen molar-refractivity contribution in [2.75, 3.05) is 0 Å². The highest BCUT2D eigenvalue weighted by Crippen LogP contribution is 2.38. The average Bonchev–Trinajstić information content (AvgIpc) is 2.56. The number of allylic oxidation sites excluding steroid dienone is 4. The largest absolute Gasteiger partial charge is 0.0798 e. The summed E-state index contributed by atoms with van der Waals surface area (Å²) < 4.78 is 0. The topological polar surface area (TPSA) is 0 Å². The second kappa shape index (κ2) is 3.45. The van der Waals surface area contributed by atoms with E-state index < -0.39 is 0 Å². The van der Waals surface area contributed by atoms with Gasteiger partial charge in [-0.2, -0.15) is 0 Å². The van der Waals surface area contributed by atoms with E-state index in [-0.39, 0.29) is 0 Å². The van der Waals surface area contributed by atoms with Crippen LogP contribution in [0.5, 0.6) is 0 Å². The Balaban J connectivity index is 2.60. The average molecular weight is 184 g/mol. The van der Waals surface area contributed by atoms with Gasteiger partial charge >= 0.3 is 0 Å². The molecule has 0 unspecified atom stereocenters.